The number of carbonyl (C=O) groups is 2. The van der Waals surface area contributed by atoms with E-state index in [0.29, 0.717) is 33.3 Å². The molecule has 0 bridgehead atoms. The first-order valence-electron chi connectivity index (χ1n) is 10.3. The Labute approximate surface area is 191 Å². The fourth-order valence-electron chi connectivity index (χ4n) is 5.14. The van der Waals surface area contributed by atoms with Gasteiger partial charge in [-0.15, -0.1) is 0 Å². The molecule has 1 aliphatic heterocycles. The number of Topliss-reactive ketones (excluding diaryl/α,β-unsaturated/α-hetero) is 2. The normalized spacial score (nSPS) is 23.1. The third-order valence-electron chi connectivity index (χ3n) is 6.32. The minimum absolute atomic E-state index is 0.0754. The Hall–Kier alpha value is -1.83. The zero-order chi connectivity index (χ0) is 22.0. The van der Waals surface area contributed by atoms with Crippen LogP contribution in [0.1, 0.15) is 64.9 Å². The van der Waals surface area contributed by atoms with Gasteiger partial charge >= 0.3 is 0 Å². The van der Waals surface area contributed by atoms with Gasteiger partial charge in [0, 0.05) is 41.3 Å². The summed E-state index contributed by atoms with van der Waals surface area (Å²) in [7, 11) is 1.51. The van der Waals surface area contributed by atoms with Crippen LogP contribution in [0.4, 0.5) is 0 Å². The zero-order valence-electron chi connectivity index (χ0n) is 18.1. The van der Waals surface area contributed by atoms with Crippen LogP contribution in [0.2, 0.25) is 0 Å². The maximum absolute atomic E-state index is 13.3. The second-order valence-electron chi connectivity index (χ2n) is 10.3. The van der Waals surface area contributed by atoms with E-state index in [-0.39, 0.29) is 28.1 Å². The predicted molar refractivity (Wildman–Crippen MR) is 123 cm³/mol. The van der Waals surface area contributed by atoms with Gasteiger partial charge in [-0.2, -0.15) is 0 Å². The lowest BCUT2D eigenvalue weighted by Gasteiger charge is -2.44. The van der Waals surface area contributed by atoms with Crippen LogP contribution in [0, 0.1) is 14.4 Å². The molecule has 160 valence electrons. The summed E-state index contributed by atoms with van der Waals surface area (Å²) in [5, 5.41) is 13.8. The molecule has 2 aliphatic carbocycles. The van der Waals surface area contributed by atoms with Gasteiger partial charge in [-0.05, 0) is 64.0 Å². The quantitative estimate of drug-likeness (QED) is 0.538. The molecular formula is C24H28INO4. The minimum Gasteiger partial charge on any atom is -0.504 e. The first kappa shape index (κ1) is 21.4. The Morgan fingerprint density at radius 1 is 0.967 bits per heavy atom. The maximum atomic E-state index is 13.3. The van der Waals surface area contributed by atoms with Crippen LogP contribution in [0.5, 0.6) is 11.5 Å². The molecule has 5 nitrogen and oxygen atoms in total. The van der Waals surface area contributed by atoms with Gasteiger partial charge in [0.05, 0.1) is 10.7 Å². The molecule has 0 radical (unpaired) electrons. The number of rotatable bonds is 2. The van der Waals surface area contributed by atoms with Gasteiger partial charge in [0.25, 0.3) is 0 Å². The van der Waals surface area contributed by atoms with Crippen LogP contribution < -0.4 is 10.1 Å². The lowest BCUT2D eigenvalue weighted by Crippen LogP contribution is -2.42. The average Bonchev–Trinajstić information content (AvgIpc) is 2.60. The Kier molecular flexibility index (Phi) is 5.07. The fourth-order valence-corrected chi connectivity index (χ4v) is 5.76. The number of halogens is 1. The highest BCUT2D eigenvalue weighted by molar-refractivity contribution is 14.1. The van der Waals surface area contributed by atoms with Crippen LogP contribution in [0.25, 0.3) is 0 Å². The average molecular weight is 521 g/mol. The molecule has 0 unspecified atom stereocenters. The molecule has 1 heterocycles. The number of dihydropyridines is 1. The number of phenols is 1. The van der Waals surface area contributed by atoms with Crippen LogP contribution in [0.3, 0.4) is 0 Å². The van der Waals surface area contributed by atoms with Crippen molar-refractivity contribution in [2.45, 2.75) is 59.3 Å². The smallest absolute Gasteiger partial charge is 0.171 e. The topological polar surface area (TPSA) is 75.6 Å². The van der Waals surface area contributed by atoms with Gasteiger partial charge in [0.2, 0.25) is 0 Å². The molecule has 0 fully saturated rings. The molecule has 4 rings (SSSR count). The summed E-state index contributed by atoms with van der Waals surface area (Å²) < 4.78 is 6.01. The number of ether oxygens (including phenoxy) is 1. The van der Waals surface area contributed by atoms with Gasteiger partial charge in [0.15, 0.2) is 23.1 Å². The summed E-state index contributed by atoms with van der Waals surface area (Å²) >= 11 is 2.06. The van der Waals surface area contributed by atoms with Gasteiger partial charge < -0.3 is 15.2 Å². The van der Waals surface area contributed by atoms with E-state index < -0.39 is 5.92 Å². The van der Waals surface area contributed by atoms with E-state index in [4.69, 9.17) is 4.74 Å². The number of hydrogen-bond acceptors (Lipinski definition) is 5. The number of nitrogens with one attached hydrogen (secondary N) is 1. The molecule has 0 spiro atoms. The monoisotopic (exact) mass is 521 g/mol. The van der Waals surface area contributed by atoms with E-state index in [0.717, 1.165) is 29.8 Å². The second-order valence-corrected chi connectivity index (χ2v) is 11.4. The number of ketones is 2. The predicted octanol–water partition coefficient (Wildman–Crippen LogP) is 4.98. The number of phenolic OH excluding ortho intramolecular Hbond substituents is 1. The summed E-state index contributed by atoms with van der Waals surface area (Å²) in [6.07, 6.45) is 2.45. The number of benzene rings is 1. The molecule has 0 atom stereocenters. The SMILES string of the molecule is COc1cc(C2C3=C(CC(C)(C)CC3=O)NC3=C2C(=O)CC(C)(C)C3)cc(I)c1O. The molecule has 0 amide bonds. The Bertz CT molecular complexity index is 980. The first-order chi connectivity index (χ1) is 13.9. The lowest BCUT2D eigenvalue weighted by atomic mass is 9.64. The van der Waals surface area contributed by atoms with Crippen molar-refractivity contribution in [1.29, 1.82) is 0 Å². The highest BCUT2D eigenvalue weighted by Crippen LogP contribution is 2.52. The van der Waals surface area contributed by atoms with E-state index >= 15 is 0 Å². The number of aromatic hydroxyl groups is 1. The van der Waals surface area contributed by atoms with E-state index in [2.05, 4.69) is 55.6 Å². The van der Waals surface area contributed by atoms with Gasteiger partial charge in [-0.25, -0.2) is 0 Å². The number of allylic oxidation sites excluding steroid dienone is 4. The number of carbonyl (C=O) groups excluding carboxylic acids is 2. The van der Waals surface area contributed by atoms with Crippen molar-refractivity contribution in [3.8, 4) is 11.5 Å². The van der Waals surface area contributed by atoms with Crippen LogP contribution in [0.15, 0.2) is 34.7 Å². The molecule has 0 saturated heterocycles. The lowest BCUT2D eigenvalue weighted by molar-refractivity contribution is -0.119. The summed E-state index contributed by atoms with van der Waals surface area (Å²) in [4.78, 5) is 26.7. The van der Waals surface area contributed by atoms with E-state index in [1.54, 1.807) is 6.07 Å². The van der Waals surface area contributed by atoms with Crippen molar-refractivity contribution in [3.63, 3.8) is 0 Å². The molecule has 30 heavy (non-hydrogen) atoms. The molecular weight excluding hydrogens is 493 g/mol. The Morgan fingerprint density at radius 3 is 1.93 bits per heavy atom. The van der Waals surface area contributed by atoms with Gasteiger partial charge in [-0.3, -0.25) is 9.59 Å². The summed E-state index contributed by atoms with van der Waals surface area (Å²) in [6, 6.07) is 3.63. The van der Waals surface area contributed by atoms with Crippen molar-refractivity contribution in [1.82, 2.24) is 5.32 Å². The summed E-state index contributed by atoms with van der Waals surface area (Å²) in [6.45, 7) is 8.44. The molecule has 3 aliphatic rings. The standard InChI is InChI=1S/C24H28INO4/c1-23(2)8-14-20(16(27)10-23)19(12-6-13(25)22(29)18(7-12)30-5)21-15(26-14)9-24(3,4)11-17(21)28/h6-7,19,26,29H,8-11H2,1-5H3. The van der Waals surface area contributed by atoms with Crippen molar-refractivity contribution in [2.75, 3.05) is 7.11 Å². The molecule has 2 N–H and O–H groups in total. The highest BCUT2D eigenvalue weighted by atomic mass is 127. The molecule has 1 aromatic carbocycles. The highest BCUT2D eigenvalue weighted by Gasteiger charge is 2.46. The van der Waals surface area contributed by atoms with E-state index in [9.17, 15) is 14.7 Å². The Balaban J connectivity index is 1.96. The van der Waals surface area contributed by atoms with Crippen LogP contribution >= 0.6 is 22.6 Å². The van der Waals surface area contributed by atoms with Crippen LogP contribution in [-0.2, 0) is 9.59 Å². The Morgan fingerprint density at radius 2 is 1.47 bits per heavy atom. The summed E-state index contributed by atoms with van der Waals surface area (Å²) in [5.41, 5.74) is 3.84. The van der Waals surface area contributed by atoms with Crippen molar-refractivity contribution < 1.29 is 19.4 Å². The van der Waals surface area contributed by atoms with E-state index in [1.807, 2.05) is 6.07 Å². The second kappa shape index (κ2) is 7.11. The number of hydrogen-bond donors (Lipinski definition) is 2. The third kappa shape index (κ3) is 3.57. The van der Waals surface area contributed by atoms with Gasteiger partial charge in [-0.1, -0.05) is 27.7 Å². The molecule has 0 saturated carbocycles. The van der Waals surface area contributed by atoms with Crippen molar-refractivity contribution in [3.05, 3.63) is 43.8 Å². The molecule has 1 aromatic rings. The first-order valence-corrected chi connectivity index (χ1v) is 11.4. The zero-order valence-corrected chi connectivity index (χ0v) is 20.3. The van der Waals surface area contributed by atoms with Crippen molar-refractivity contribution in [2.24, 2.45) is 10.8 Å². The summed E-state index contributed by atoms with van der Waals surface area (Å²) in [5.74, 6) is 0.180. The van der Waals surface area contributed by atoms with E-state index in [1.165, 1.54) is 7.11 Å². The fraction of sp³-hybridized carbons (Fsp3) is 0.500. The van der Waals surface area contributed by atoms with Gasteiger partial charge in [0.1, 0.15) is 0 Å². The number of methoxy groups -OCH3 is 1. The molecule has 6 heteroatoms. The van der Waals surface area contributed by atoms with Crippen LogP contribution in [-0.4, -0.2) is 23.8 Å². The molecule has 0 aromatic heterocycles. The largest absolute Gasteiger partial charge is 0.504 e. The maximum Gasteiger partial charge on any atom is 0.171 e. The third-order valence-corrected chi connectivity index (χ3v) is 7.15. The van der Waals surface area contributed by atoms with Crippen molar-refractivity contribution >= 4 is 34.2 Å². The minimum atomic E-state index is -0.425.